The molecule has 0 aliphatic carbocycles. The fraction of sp³-hybridized carbons (Fsp3) is 0.0952. The largest absolute Gasteiger partial charge is 0.397 e. The number of nitrogens with one attached hydrogen (secondary N) is 1. The molecule has 1 heterocycles. The highest BCUT2D eigenvalue weighted by Gasteiger charge is 2.12. The van der Waals surface area contributed by atoms with Crippen LogP contribution in [0.4, 0.5) is 11.4 Å². The second-order valence-corrected chi connectivity index (χ2v) is 6.03. The van der Waals surface area contributed by atoms with Crippen LogP contribution in [-0.2, 0) is 0 Å². The van der Waals surface area contributed by atoms with Crippen LogP contribution in [0.15, 0.2) is 54.6 Å². The lowest BCUT2D eigenvalue weighted by atomic mass is 10.0. The van der Waals surface area contributed by atoms with Crippen LogP contribution in [0.5, 0.6) is 0 Å². The van der Waals surface area contributed by atoms with Gasteiger partial charge in [0.05, 0.1) is 22.6 Å². The van der Waals surface area contributed by atoms with E-state index in [1.807, 2.05) is 32.0 Å². The van der Waals surface area contributed by atoms with Crippen molar-refractivity contribution in [3.63, 3.8) is 0 Å². The molecule has 0 saturated heterocycles. The van der Waals surface area contributed by atoms with Crippen molar-refractivity contribution in [2.75, 3.05) is 11.1 Å². The fourth-order valence-corrected chi connectivity index (χ4v) is 2.77. The van der Waals surface area contributed by atoms with E-state index < -0.39 is 0 Å². The molecule has 5 heteroatoms. The average molecular weight is 342 g/mol. The van der Waals surface area contributed by atoms with Gasteiger partial charge >= 0.3 is 0 Å². The fourth-order valence-electron chi connectivity index (χ4n) is 2.77. The van der Waals surface area contributed by atoms with Gasteiger partial charge in [0.1, 0.15) is 6.07 Å². The quantitative estimate of drug-likeness (QED) is 0.702. The summed E-state index contributed by atoms with van der Waals surface area (Å²) in [5, 5.41) is 12.2. The molecule has 3 aromatic rings. The van der Waals surface area contributed by atoms with E-state index in [0.29, 0.717) is 28.2 Å². The summed E-state index contributed by atoms with van der Waals surface area (Å²) in [7, 11) is 0. The summed E-state index contributed by atoms with van der Waals surface area (Å²) < 4.78 is 0. The molecule has 0 atom stereocenters. The highest BCUT2D eigenvalue weighted by molar-refractivity contribution is 6.05. The average Bonchev–Trinajstić information content (AvgIpc) is 2.63. The van der Waals surface area contributed by atoms with Crippen molar-refractivity contribution >= 4 is 17.3 Å². The molecule has 128 valence electrons. The molecule has 0 aliphatic rings. The minimum atomic E-state index is -0.247. The first-order valence-corrected chi connectivity index (χ1v) is 8.14. The maximum absolute atomic E-state index is 12.4. The number of benzene rings is 2. The van der Waals surface area contributed by atoms with E-state index in [9.17, 15) is 10.1 Å². The molecule has 0 radical (unpaired) electrons. The number of para-hydroxylation sites is 2. The van der Waals surface area contributed by atoms with Crippen LogP contribution in [-0.4, -0.2) is 10.9 Å². The highest BCUT2D eigenvalue weighted by Crippen LogP contribution is 2.25. The van der Waals surface area contributed by atoms with Gasteiger partial charge in [-0.05, 0) is 49.7 Å². The van der Waals surface area contributed by atoms with Crippen LogP contribution < -0.4 is 11.1 Å². The molecule has 1 amide bonds. The summed E-state index contributed by atoms with van der Waals surface area (Å²) in [6, 6.07) is 18.2. The van der Waals surface area contributed by atoms with Crippen molar-refractivity contribution in [3.8, 4) is 17.3 Å². The number of hydrogen-bond acceptors (Lipinski definition) is 4. The molecular formula is C21H18N4O. The van der Waals surface area contributed by atoms with E-state index in [1.54, 1.807) is 36.4 Å². The number of nitrogens with two attached hydrogens (primary N) is 1. The molecule has 1 aromatic heterocycles. The van der Waals surface area contributed by atoms with Gasteiger partial charge < -0.3 is 11.1 Å². The zero-order valence-corrected chi connectivity index (χ0v) is 14.6. The van der Waals surface area contributed by atoms with Crippen molar-refractivity contribution < 1.29 is 4.79 Å². The van der Waals surface area contributed by atoms with E-state index in [0.717, 1.165) is 16.8 Å². The summed E-state index contributed by atoms with van der Waals surface area (Å²) >= 11 is 0. The van der Waals surface area contributed by atoms with Crippen molar-refractivity contribution in [2.24, 2.45) is 0 Å². The molecule has 0 bridgehead atoms. The molecule has 26 heavy (non-hydrogen) atoms. The molecule has 0 aliphatic heterocycles. The van der Waals surface area contributed by atoms with Gasteiger partial charge in [0.2, 0.25) is 0 Å². The number of aromatic nitrogens is 1. The van der Waals surface area contributed by atoms with Gasteiger partial charge in [-0.2, -0.15) is 5.26 Å². The van der Waals surface area contributed by atoms with E-state index in [4.69, 9.17) is 5.73 Å². The molecule has 3 rings (SSSR count). The summed E-state index contributed by atoms with van der Waals surface area (Å²) in [5.74, 6) is -0.247. The highest BCUT2D eigenvalue weighted by atomic mass is 16.1. The zero-order valence-electron chi connectivity index (χ0n) is 14.6. The summed E-state index contributed by atoms with van der Waals surface area (Å²) in [6.45, 7) is 3.78. The second kappa shape index (κ2) is 7.08. The molecule has 2 aromatic carbocycles. The van der Waals surface area contributed by atoms with Gasteiger partial charge in [-0.3, -0.25) is 9.78 Å². The predicted molar refractivity (Wildman–Crippen MR) is 103 cm³/mol. The third-order valence-electron chi connectivity index (χ3n) is 4.09. The normalized spacial score (nSPS) is 10.2. The Morgan fingerprint density at radius 3 is 2.46 bits per heavy atom. The summed E-state index contributed by atoms with van der Waals surface area (Å²) in [4.78, 5) is 16.9. The van der Waals surface area contributed by atoms with Crippen LogP contribution in [0, 0.1) is 25.2 Å². The minimum Gasteiger partial charge on any atom is -0.397 e. The SMILES string of the molecule is Cc1cc(C)c(C#N)c(-c2ccc(C(=O)Nc3ccccc3N)cc2)n1. The maximum atomic E-state index is 12.4. The number of carbonyl (C=O) groups is 1. The van der Waals surface area contributed by atoms with E-state index in [2.05, 4.69) is 16.4 Å². The first-order chi connectivity index (χ1) is 12.5. The monoisotopic (exact) mass is 342 g/mol. The Kier molecular flexibility index (Phi) is 4.68. The standard InChI is InChI=1S/C21H18N4O/c1-13-11-14(2)24-20(17(13)12-22)15-7-9-16(10-8-15)21(26)25-19-6-4-3-5-18(19)23/h3-11H,23H2,1-2H3,(H,25,26). The van der Waals surface area contributed by atoms with E-state index in [1.165, 1.54) is 0 Å². The first-order valence-electron chi connectivity index (χ1n) is 8.14. The van der Waals surface area contributed by atoms with Crippen LogP contribution in [0.2, 0.25) is 0 Å². The zero-order chi connectivity index (χ0) is 18.7. The summed E-state index contributed by atoms with van der Waals surface area (Å²) in [5.41, 5.74) is 11.1. The minimum absolute atomic E-state index is 0.247. The number of anilines is 2. The Balaban J connectivity index is 1.89. The van der Waals surface area contributed by atoms with Crippen molar-refractivity contribution in [1.29, 1.82) is 5.26 Å². The number of carbonyl (C=O) groups excluding carboxylic acids is 1. The number of amides is 1. The van der Waals surface area contributed by atoms with Crippen molar-refractivity contribution in [1.82, 2.24) is 4.98 Å². The number of hydrogen-bond donors (Lipinski definition) is 2. The van der Waals surface area contributed by atoms with Gasteiger partial charge in [0.15, 0.2) is 0 Å². The third kappa shape index (κ3) is 3.40. The summed E-state index contributed by atoms with van der Waals surface area (Å²) in [6.07, 6.45) is 0. The van der Waals surface area contributed by atoms with Crippen molar-refractivity contribution in [3.05, 3.63) is 77.0 Å². The molecule has 3 N–H and O–H groups in total. The van der Waals surface area contributed by atoms with E-state index in [-0.39, 0.29) is 5.91 Å². The van der Waals surface area contributed by atoms with Crippen LogP contribution >= 0.6 is 0 Å². The number of nitrogens with zero attached hydrogens (tertiary/aromatic N) is 2. The van der Waals surface area contributed by atoms with Crippen LogP contribution in [0.25, 0.3) is 11.3 Å². The Labute approximate surface area is 152 Å². The van der Waals surface area contributed by atoms with E-state index >= 15 is 0 Å². The lowest BCUT2D eigenvalue weighted by molar-refractivity contribution is 0.102. The molecule has 5 nitrogen and oxygen atoms in total. The second-order valence-electron chi connectivity index (χ2n) is 6.03. The van der Waals surface area contributed by atoms with Crippen LogP contribution in [0.3, 0.4) is 0 Å². The Hall–Kier alpha value is -3.65. The molecule has 0 spiro atoms. The first kappa shape index (κ1) is 17.2. The molecular weight excluding hydrogens is 324 g/mol. The number of pyridine rings is 1. The molecule has 0 saturated carbocycles. The Bertz CT molecular complexity index is 1020. The Morgan fingerprint density at radius 2 is 1.81 bits per heavy atom. The van der Waals surface area contributed by atoms with Crippen molar-refractivity contribution in [2.45, 2.75) is 13.8 Å². The van der Waals surface area contributed by atoms with Gasteiger partial charge in [0.25, 0.3) is 5.91 Å². The molecule has 0 unspecified atom stereocenters. The lowest BCUT2D eigenvalue weighted by Gasteiger charge is -2.10. The maximum Gasteiger partial charge on any atom is 0.255 e. The third-order valence-corrected chi connectivity index (χ3v) is 4.09. The van der Waals surface area contributed by atoms with Gasteiger partial charge in [-0.15, -0.1) is 0 Å². The van der Waals surface area contributed by atoms with Gasteiger partial charge in [-0.1, -0.05) is 24.3 Å². The van der Waals surface area contributed by atoms with Gasteiger partial charge in [0, 0.05) is 16.8 Å². The Morgan fingerprint density at radius 1 is 1.12 bits per heavy atom. The smallest absolute Gasteiger partial charge is 0.255 e. The number of rotatable bonds is 3. The predicted octanol–water partition coefficient (Wildman–Crippen LogP) is 4.07. The number of aryl methyl sites for hydroxylation is 2. The van der Waals surface area contributed by atoms with Gasteiger partial charge in [-0.25, -0.2) is 0 Å². The topological polar surface area (TPSA) is 91.8 Å². The van der Waals surface area contributed by atoms with Crippen LogP contribution in [0.1, 0.15) is 27.2 Å². The molecule has 0 fully saturated rings. The number of nitrogen functional groups attached to an aromatic ring is 1. The number of nitriles is 1. The lowest BCUT2D eigenvalue weighted by Crippen LogP contribution is -2.13.